The first-order chi connectivity index (χ1) is 9.65. The van der Waals surface area contributed by atoms with E-state index in [1.165, 1.54) is 32.1 Å². The smallest absolute Gasteiger partial charge is 0.334 e. The third-order valence-corrected chi connectivity index (χ3v) is 3.96. The maximum atomic E-state index is 11.4. The maximum absolute atomic E-state index is 11.4. The summed E-state index contributed by atoms with van der Waals surface area (Å²) < 4.78 is 4.89. The van der Waals surface area contributed by atoms with E-state index in [0.29, 0.717) is 18.7 Å². The van der Waals surface area contributed by atoms with E-state index in [4.69, 9.17) is 4.74 Å². The van der Waals surface area contributed by atoms with Gasteiger partial charge in [0.2, 0.25) is 0 Å². The number of esters is 1. The Morgan fingerprint density at radius 1 is 1.35 bits per heavy atom. The number of carbonyl (C=O) groups is 1. The standard InChI is InChI=1S/C16H30N2O2/c1-4-20-16(19)14(2)13-17-11-8-12-18(3)15-9-6-5-7-10-15/h15,17H,2,4-13H2,1,3H3. The van der Waals surface area contributed by atoms with Crippen LogP contribution < -0.4 is 5.32 Å². The van der Waals surface area contributed by atoms with Crippen molar-refractivity contribution in [2.45, 2.75) is 51.5 Å². The first-order valence-electron chi connectivity index (χ1n) is 7.91. The second-order valence-corrected chi connectivity index (χ2v) is 5.63. The summed E-state index contributed by atoms with van der Waals surface area (Å²) in [5.41, 5.74) is 0.507. The predicted molar refractivity (Wildman–Crippen MR) is 82.8 cm³/mol. The minimum Gasteiger partial charge on any atom is -0.463 e. The van der Waals surface area contributed by atoms with Gasteiger partial charge in [0.15, 0.2) is 0 Å². The quantitative estimate of drug-likeness (QED) is 0.400. The number of hydrogen-bond donors (Lipinski definition) is 1. The van der Waals surface area contributed by atoms with E-state index in [-0.39, 0.29) is 5.97 Å². The van der Waals surface area contributed by atoms with Gasteiger partial charge in [-0.2, -0.15) is 0 Å². The molecule has 1 aliphatic rings. The first-order valence-corrected chi connectivity index (χ1v) is 7.91. The normalized spacial score (nSPS) is 16.4. The van der Waals surface area contributed by atoms with E-state index in [1.54, 1.807) is 6.92 Å². The third kappa shape index (κ3) is 6.53. The molecule has 0 heterocycles. The second kappa shape index (κ2) is 9.94. The number of hydrogen-bond acceptors (Lipinski definition) is 4. The Kier molecular flexibility index (Phi) is 8.54. The minimum atomic E-state index is -0.292. The van der Waals surface area contributed by atoms with Gasteiger partial charge in [-0.1, -0.05) is 25.8 Å². The van der Waals surface area contributed by atoms with Crippen LogP contribution in [0.2, 0.25) is 0 Å². The third-order valence-electron chi connectivity index (χ3n) is 3.96. The van der Waals surface area contributed by atoms with Crippen LogP contribution in [0.15, 0.2) is 12.2 Å². The topological polar surface area (TPSA) is 41.6 Å². The van der Waals surface area contributed by atoms with Gasteiger partial charge >= 0.3 is 5.97 Å². The van der Waals surface area contributed by atoms with Gasteiger partial charge in [-0.3, -0.25) is 0 Å². The number of rotatable bonds is 9. The SMILES string of the molecule is C=C(CNCCCN(C)C1CCCCC1)C(=O)OCC. The molecule has 4 heteroatoms. The van der Waals surface area contributed by atoms with Crippen LogP contribution in [0.25, 0.3) is 0 Å². The lowest BCUT2D eigenvalue weighted by atomic mass is 9.94. The summed E-state index contributed by atoms with van der Waals surface area (Å²) in [6, 6.07) is 0.776. The molecule has 116 valence electrons. The van der Waals surface area contributed by atoms with Gasteiger partial charge in [0.25, 0.3) is 0 Å². The molecule has 1 fully saturated rings. The fourth-order valence-electron chi connectivity index (χ4n) is 2.70. The highest BCUT2D eigenvalue weighted by molar-refractivity contribution is 5.88. The number of nitrogens with one attached hydrogen (secondary N) is 1. The first kappa shape index (κ1) is 17.2. The van der Waals surface area contributed by atoms with Crippen LogP contribution in [0.5, 0.6) is 0 Å². The Bertz CT molecular complexity index is 299. The van der Waals surface area contributed by atoms with Crippen molar-refractivity contribution in [1.82, 2.24) is 10.2 Å². The van der Waals surface area contributed by atoms with Crippen molar-refractivity contribution in [3.05, 3.63) is 12.2 Å². The van der Waals surface area contributed by atoms with Crippen molar-refractivity contribution in [2.75, 3.05) is 33.3 Å². The van der Waals surface area contributed by atoms with Crippen molar-refractivity contribution >= 4 is 5.97 Å². The number of nitrogens with zero attached hydrogens (tertiary/aromatic N) is 1. The highest BCUT2D eigenvalue weighted by Crippen LogP contribution is 2.21. The van der Waals surface area contributed by atoms with Crippen LogP contribution in [-0.2, 0) is 9.53 Å². The molecule has 4 nitrogen and oxygen atoms in total. The number of carbonyl (C=O) groups excluding carboxylic acids is 1. The summed E-state index contributed by atoms with van der Waals surface area (Å²) >= 11 is 0. The van der Waals surface area contributed by atoms with Gasteiger partial charge in [0.05, 0.1) is 6.61 Å². The van der Waals surface area contributed by atoms with Crippen LogP contribution in [0.3, 0.4) is 0 Å². The molecule has 0 bridgehead atoms. The molecule has 1 saturated carbocycles. The van der Waals surface area contributed by atoms with Crippen LogP contribution >= 0.6 is 0 Å². The lowest BCUT2D eigenvalue weighted by Crippen LogP contribution is -2.35. The summed E-state index contributed by atoms with van der Waals surface area (Å²) in [6.07, 6.45) is 7.97. The van der Waals surface area contributed by atoms with Gasteiger partial charge in [0.1, 0.15) is 0 Å². The zero-order valence-electron chi connectivity index (χ0n) is 13.1. The molecule has 0 unspecified atom stereocenters. The van der Waals surface area contributed by atoms with E-state index >= 15 is 0 Å². The fourth-order valence-corrected chi connectivity index (χ4v) is 2.70. The van der Waals surface area contributed by atoms with Crippen LogP contribution in [0.1, 0.15) is 45.4 Å². The Hall–Kier alpha value is -0.870. The lowest BCUT2D eigenvalue weighted by Gasteiger charge is -2.31. The highest BCUT2D eigenvalue weighted by Gasteiger charge is 2.17. The summed E-state index contributed by atoms with van der Waals surface area (Å²) in [6.45, 7) is 8.49. The molecule has 0 spiro atoms. The number of ether oxygens (including phenoxy) is 1. The summed E-state index contributed by atoms with van der Waals surface area (Å²) in [5, 5.41) is 3.26. The summed E-state index contributed by atoms with van der Waals surface area (Å²) in [5.74, 6) is -0.292. The monoisotopic (exact) mass is 282 g/mol. The van der Waals surface area contributed by atoms with E-state index < -0.39 is 0 Å². The molecule has 1 aliphatic carbocycles. The molecular formula is C16H30N2O2. The Labute approximate surface area is 123 Å². The molecule has 0 atom stereocenters. The average Bonchev–Trinajstić information content (AvgIpc) is 2.47. The molecule has 0 aromatic heterocycles. The highest BCUT2D eigenvalue weighted by atomic mass is 16.5. The Morgan fingerprint density at radius 2 is 2.05 bits per heavy atom. The van der Waals surface area contributed by atoms with Crippen molar-refractivity contribution in [3.63, 3.8) is 0 Å². The van der Waals surface area contributed by atoms with E-state index in [0.717, 1.165) is 25.6 Å². The molecule has 0 amide bonds. The maximum Gasteiger partial charge on any atom is 0.334 e. The van der Waals surface area contributed by atoms with Crippen molar-refractivity contribution in [1.29, 1.82) is 0 Å². The molecule has 0 radical (unpaired) electrons. The molecule has 1 N–H and O–H groups in total. The molecule has 0 aromatic rings. The van der Waals surface area contributed by atoms with E-state index in [9.17, 15) is 4.79 Å². The van der Waals surface area contributed by atoms with Crippen molar-refractivity contribution in [2.24, 2.45) is 0 Å². The predicted octanol–water partition coefficient (Wildman–Crippen LogP) is 2.35. The average molecular weight is 282 g/mol. The Balaban J connectivity index is 2.03. The molecule has 0 saturated heterocycles. The van der Waals surface area contributed by atoms with Crippen LogP contribution in [0.4, 0.5) is 0 Å². The van der Waals surface area contributed by atoms with Crippen molar-refractivity contribution < 1.29 is 9.53 Å². The van der Waals surface area contributed by atoms with Gasteiger partial charge < -0.3 is 15.0 Å². The van der Waals surface area contributed by atoms with Crippen molar-refractivity contribution in [3.8, 4) is 0 Å². The minimum absolute atomic E-state index is 0.292. The van der Waals surface area contributed by atoms with Gasteiger partial charge in [-0.05, 0) is 46.3 Å². The lowest BCUT2D eigenvalue weighted by molar-refractivity contribution is -0.138. The van der Waals surface area contributed by atoms with Crippen LogP contribution in [0, 0.1) is 0 Å². The van der Waals surface area contributed by atoms with Gasteiger partial charge in [-0.25, -0.2) is 4.79 Å². The van der Waals surface area contributed by atoms with E-state index in [2.05, 4.69) is 23.8 Å². The van der Waals surface area contributed by atoms with Crippen LogP contribution in [-0.4, -0.2) is 50.2 Å². The zero-order valence-corrected chi connectivity index (χ0v) is 13.1. The largest absolute Gasteiger partial charge is 0.463 e. The summed E-state index contributed by atoms with van der Waals surface area (Å²) in [7, 11) is 2.23. The molecule has 1 rings (SSSR count). The van der Waals surface area contributed by atoms with E-state index in [1.807, 2.05) is 0 Å². The molecular weight excluding hydrogens is 252 g/mol. The zero-order chi connectivity index (χ0) is 14.8. The molecule has 20 heavy (non-hydrogen) atoms. The molecule has 0 aliphatic heterocycles. The fraction of sp³-hybridized carbons (Fsp3) is 0.812. The molecule has 0 aromatic carbocycles. The second-order valence-electron chi connectivity index (χ2n) is 5.63. The van der Waals surface area contributed by atoms with Gasteiger partial charge in [0, 0.05) is 18.2 Å². The van der Waals surface area contributed by atoms with Gasteiger partial charge in [-0.15, -0.1) is 0 Å². The Morgan fingerprint density at radius 3 is 2.70 bits per heavy atom. The summed E-state index contributed by atoms with van der Waals surface area (Å²) in [4.78, 5) is 13.8.